The molecular weight excluding hydrogens is 326 g/mol. The number of pyridine rings is 1. The van der Waals surface area contributed by atoms with Crippen LogP contribution < -0.4 is 5.32 Å². The molecule has 1 aliphatic rings. The van der Waals surface area contributed by atoms with Gasteiger partial charge in [-0.05, 0) is 42.7 Å². The minimum atomic E-state index is -0.0476. The normalized spacial score (nSPS) is 17.0. The summed E-state index contributed by atoms with van der Waals surface area (Å²) in [6.07, 6.45) is 3.69. The first-order valence-corrected chi connectivity index (χ1v) is 9.08. The number of nitrogens with one attached hydrogen (secondary N) is 1. The molecule has 0 aliphatic carbocycles. The van der Waals surface area contributed by atoms with Crippen molar-refractivity contribution in [1.82, 2.24) is 19.4 Å². The highest BCUT2D eigenvalue weighted by Gasteiger charge is 2.30. The second kappa shape index (κ2) is 6.78. The van der Waals surface area contributed by atoms with Crippen LogP contribution in [0.2, 0.25) is 0 Å². The molecule has 134 valence electrons. The predicted molar refractivity (Wildman–Crippen MR) is 102 cm³/mol. The van der Waals surface area contributed by atoms with Crippen LogP contribution in [0, 0.1) is 0 Å². The second-order valence-electron chi connectivity index (χ2n) is 6.79. The van der Waals surface area contributed by atoms with Gasteiger partial charge in [0.2, 0.25) is 0 Å². The lowest BCUT2D eigenvalue weighted by atomic mass is 10.1. The van der Waals surface area contributed by atoms with Gasteiger partial charge in [-0.25, -0.2) is 14.8 Å². The molecule has 0 radical (unpaired) electrons. The SMILES string of the molecule is CCc1ccc(NC(=O)N2CCC(c3nc4cccnc4n3C)C2)cc1. The van der Waals surface area contributed by atoms with Crippen molar-refractivity contribution in [3.8, 4) is 0 Å². The van der Waals surface area contributed by atoms with E-state index < -0.39 is 0 Å². The third-order valence-electron chi connectivity index (χ3n) is 5.12. The van der Waals surface area contributed by atoms with Crippen LogP contribution in [0.4, 0.5) is 10.5 Å². The zero-order valence-corrected chi connectivity index (χ0v) is 15.1. The average molecular weight is 349 g/mol. The number of fused-ring (bicyclic) bond motifs is 1. The molecule has 0 bridgehead atoms. The molecule has 0 spiro atoms. The van der Waals surface area contributed by atoms with E-state index in [-0.39, 0.29) is 11.9 Å². The number of benzene rings is 1. The van der Waals surface area contributed by atoms with Gasteiger partial charge >= 0.3 is 6.03 Å². The number of aromatic nitrogens is 3. The summed E-state index contributed by atoms with van der Waals surface area (Å²) in [6.45, 7) is 3.53. The molecular formula is C20H23N5O. The fourth-order valence-electron chi connectivity index (χ4n) is 3.59. The van der Waals surface area contributed by atoms with Gasteiger partial charge in [-0.2, -0.15) is 0 Å². The Morgan fingerprint density at radius 3 is 2.81 bits per heavy atom. The maximum absolute atomic E-state index is 12.6. The number of carbonyl (C=O) groups excluding carboxylic acids is 1. The van der Waals surface area contributed by atoms with Gasteiger partial charge < -0.3 is 14.8 Å². The quantitative estimate of drug-likeness (QED) is 0.786. The lowest BCUT2D eigenvalue weighted by Crippen LogP contribution is -2.33. The summed E-state index contributed by atoms with van der Waals surface area (Å²) in [7, 11) is 2.00. The van der Waals surface area contributed by atoms with Crippen LogP contribution >= 0.6 is 0 Å². The summed E-state index contributed by atoms with van der Waals surface area (Å²) in [5.74, 6) is 1.24. The molecule has 3 aromatic rings. The van der Waals surface area contributed by atoms with E-state index in [1.165, 1.54) is 5.56 Å². The molecule has 4 rings (SSSR count). The molecule has 3 heterocycles. The summed E-state index contributed by atoms with van der Waals surface area (Å²) in [5, 5.41) is 3.00. The Kier molecular flexibility index (Phi) is 4.32. The van der Waals surface area contributed by atoms with Crippen molar-refractivity contribution in [1.29, 1.82) is 0 Å². The molecule has 6 nitrogen and oxygen atoms in total. The Balaban J connectivity index is 1.45. The second-order valence-corrected chi connectivity index (χ2v) is 6.79. The molecule has 1 atom stereocenters. The number of aryl methyl sites for hydroxylation is 2. The largest absolute Gasteiger partial charge is 0.324 e. The Labute approximate surface area is 152 Å². The number of imidazole rings is 1. The van der Waals surface area contributed by atoms with Crippen molar-refractivity contribution in [3.05, 3.63) is 54.0 Å². The van der Waals surface area contributed by atoms with E-state index in [0.29, 0.717) is 6.54 Å². The van der Waals surface area contributed by atoms with Gasteiger partial charge in [0, 0.05) is 37.9 Å². The van der Waals surface area contributed by atoms with Crippen molar-refractivity contribution in [2.24, 2.45) is 7.05 Å². The number of amides is 2. The summed E-state index contributed by atoms with van der Waals surface area (Å²) in [4.78, 5) is 23.6. The fraction of sp³-hybridized carbons (Fsp3) is 0.350. The predicted octanol–water partition coefficient (Wildman–Crippen LogP) is 3.55. The Morgan fingerprint density at radius 1 is 1.27 bits per heavy atom. The molecule has 1 N–H and O–H groups in total. The van der Waals surface area contributed by atoms with Crippen molar-refractivity contribution in [2.45, 2.75) is 25.7 Å². The van der Waals surface area contributed by atoms with Crippen molar-refractivity contribution in [3.63, 3.8) is 0 Å². The van der Waals surface area contributed by atoms with Crippen LogP contribution in [0.1, 0.15) is 30.7 Å². The summed E-state index contributed by atoms with van der Waals surface area (Å²) >= 11 is 0. The highest BCUT2D eigenvalue weighted by Crippen LogP contribution is 2.28. The summed E-state index contributed by atoms with van der Waals surface area (Å²) in [6, 6.07) is 11.9. The van der Waals surface area contributed by atoms with E-state index in [9.17, 15) is 4.79 Å². The minimum Gasteiger partial charge on any atom is -0.324 e. The molecule has 1 fully saturated rings. The molecule has 6 heteroatoms. The maximum Gasteiger partial charge on any atom is 0.321 e. The first-order chi connectivity index (χ1) is 12.7. The number of hydrogen-bond acceptors (Lipinski definition) is 3. The van der Waals surface area contributed by atoms with E-state index in [1.807, 2.05) is 40.8 Å². The van der Waals surface area contributed by atoms with Crippen LogP contribution in [0.3, 0.4) is 0 Å². The highest BCUT2D eigenvalue weighted by atomic mass is 16.2. The number of carbonyl (C=O) groups is 1. The smallest absolute Gasteiger partial charge is 0.321 e. The standard InChI is InChI=1S/C20H23N5O/c1-3-14-6-8-16(9-7-14)22-20(26)25-12-10-15(13-25)18-23-17-5-4-11-21-19(17)24(18)2/h4-9,11,15H,3,10,12-13H2,1-2H3,(H,22,26). The van der Waals surface area contributed by atoms with Crippen molar-refractivity contribution in [2.75, 3.05) is 18.4 Å². The van der Waals surface area contributed by atoms with E-state index in [4.69, 9.17) is 4.98 Å². The molecule has 1 unspecified atom stereocenters. The maximum atomic E-state index is 12.6. The zero-order chi connectivity index (χ0) is 18.1. The first-order valence-electron chi connectivity index (χ1n) is 9.08. The first kappa shape index (κ1) is 16.6. The van der Waals surface area contributed by atoms with Crippen LogP contribution in [0.5, 0.6) is 0 Å². The van der Waals surface area contributed by atoms with Crippen LogP contribution in [-0.4, -0.2) is 38.6 Å². The van der Waals surface area contributed by atoms with Gasteiger partial charge in [-0.1, -0.05) is 19.1 Å². The van der Waals surface area contributed by atoms with Crippen LogP contribution in [-0.2, 0) is 13.5 Å². The van der Waals surface area contributed by atoms with E-state index >= 15 is 0 Å². The van der Waals surface area contributed by atoms with E-state index in [1.54, 1.807) is 6.20 Å². The van der Waals surface area contributed by atoms with Gasteiger partial charge in [0.1, 0.15) is 11.3 Å². The summed E-state index contributed by atoms with van der Waals surface area (Å²) in [5.41, 5.74) is 3.90. The Hall–Kier alpha value is -2.89. The molecule has 1 aromatic carbocycles. The number of anilines is 1. The number of nitrogens with zero attached hydrogens (tertiary/aromatic N) is 4. The van der Waals surface area contributed by atoms with Gasteiger partial charge in [0.25, 0.3) is 0 Å². The summed E-state index contributed by atoms with van der Waals surface area (Å²) < 4.78 is 2.05. The number of hydrogen-bond donors (Lipinski definition) is 1. The molecule has 2 aromatic heterocycles. The van der Waals surface area contributed by atoms with E-state index in [2.05, 4.69) is 29.4 Å². The van der Waals surface area contributed by atoms with Crippen molar-refractivity contribution >= 4 is 22.9 Å². The zero-order valence-electron chi connectivity index (χ0n) is 15.1. The number of likely N-dealkylation sites (tertiary alicyclic amines) is 1. The highest BCUT2D eigenvalue weighted by molar-refractivity contribution is 5.89. The van der Waals surface area contributed by atoms with Crippen molar-refractivity contribution < 1.29 is 4.79 Å². The van der Waals surface area contributed by atoms with Crippen LogP contribution in [0.15, 0.2) is 42.6 Å². The third-order valence-corrected chi connectivity index (χ3v) is 5.12. The van der Waals surface area contributed by atoms with Gasteiger partial charge in [-0.15, -0.1) is 0 Å². The van der Waals surface area contributed by atoms with Gasteiger partial charge in [-0.3, -0.25) is 0 Å². The molecule has 26 heavy (non-hydrogen) atoms. The fourth-order valence-corrected chi connectivity index (χ4v) is 3.59. The van der Waals surface area contributed by atoms with E-state index in [0.717, 1.165) is 42.1 Å². The Bertz CT molecular complexity index is 931. The topological polar surface area (TPSA) is 63.1 Å². The monoisotopic (exact) mass is 349 g/mol. The average Bonchev–Trinajstić information content (AvgIpc) is 3.28. The number of rotatable bonds is 3. The molecule has 2 amide bonds. The minimum absolute atomic E-state index is 0.0476. The third kappa shape index (κ3) is 3.03. The van der Waals surface area contributed by atoms with Gasteiger partial charge in [0.15, 0.2) is 5.65 Å². The molecule has 0 saturated carbocycles. The molecule has 1 aliphatic heterocycles. The van der Waals surface area contributed by atoms with Crippen LogP contribution in [0.25, 0.3) is 11.2 Å². The number of urea groups is 1. The van der Waals surface area contributed by atoms with Gasteiger partial charge in [0.05, 0.1) is 0 Å². The molecule has 1 saturated heterocycles. The Morgan fingerprint density at radius 2 is 2.08 bits per heavy atom. The lowest BCUT2D eigenvalue weighted by molar-refractivity contribution is 0.222. The lowest BCUT2D eigenvalue weighted by Gasteiger charge is -2.17.